The van der Waals surface area contributed by atoms with Gasteiger partial charge < -0.3 is 20.4 Å². The van der Waals surface area contributed by atoms with Gasteiger partial charge in [-0.25, -0.2) is 0 Å². The zero-order valence-electron chi connectivity index (χ0n) is 21.0. The van der Waals surface area contributed by atoms with Gasteiger partial charge in [0.1, 0.15) is 11.4 Å². The number of aromatic nitrogens is 5. The smallest absolute Gasteiger partial charge is 0.272 e. The van der Waals surface area contributed by atoms with Gasteiger partial charge in [0, 0.05) is 16.5 Å². The summed E-state index contributed by atoms with van der Waals surface area (Å²) in [5, 5.41) is 29.6. The van der Waals surface area contributed by atoms with Gasteiger partial charge in [-0.1, -0.05) is 25.5 Å². The number of hydrogen-bond acceptors (Lipinski definition) is 7. The molecule has 0 aliphatic carbocycles. The lowest BCUT2D eigenvalue weighted by molar-refractivity contribution is 0.101. The average molecular weight is 521 g/mol. The molecule has 0 radical (unpaired) electrons. The van der Waals surface area contributed by atoms with Gasteiger partial charge in [0.2, 0.25) is 5.82 Å². The number of nitrogens with one attached hydrogen (secondary N) is 4. The van der Waals surface area contributed by atoms with Crippen molar-refractivity contribution in [3.05, 3.63) is 83.6 Å². The van der Waals surface area contributed by atoms with Crippen LogP contribution in [-0.4, -0.2) is 44.0 Å². The summed E-state index contributed by atoms with van der Waals surface area (Å²) in [7, 11) is 0. The maximum absolute atomic E-state index is 13.2. The van der Waals surface area contributed by atoms with Crippen molar-refractivity contribution < 1.29 is 14.3 Å². The Morgan fingerprint density at radius 2 is 1.82 bits per heavy atom. The molecule has 5 aromatic rings. The van der Waals surface area contributed by atoms with Gasteiger partial charge in [0.25, 0.3) is 11.8 Å². The maximum Gasteiger partial charge on any atom is 0.272 e. The molecule has 194 valence electrons. The van der Waals surface area contributed by atoms with Crippen LogP contribution in [0, 0.1) is 11.3 Å². The summed E-state index contributed by atoms with van der Waals surface area (Å²) in [6.45, 7) is 2.73. The van der Waals surface area contributed by atoms with Crippen LogP contribution in [0.15, 0.2) is 66.7 Å². The van der Waals surface area contributed by atoms with E-state index in [0.717, 1.165) is 18.2 Å². The lowest BCUT2D eigenvalue weighted by atomic mass is 10.1. The first kappa shape index (κ1) is 25.2. The minimum atomic E-state index is -0.420. The molecule has 0 saturated heterocycles. The lowest BCUT2D eigenvalue weighted by Crippen LogP contribution is -2.14. The van der Waals surface area contributed by atoms with Crippen LogP contribution in [-0.2, 0) is 0 Å². The van der Waals surface area contributed by atoms with E-state index in [1.165, 1.54) is 0 Å². The monoisotopic (exact) mass is 520 g/mol. The maximum atomic E-state index is 13.2. The largest absolute Gasteiger partial charge is 0.494 e. The topological polar surface area (TPSA) is 161 Å². The zero-order valence-corrected chi connectivity index (χ0v) is 21.0. The number of rotatable bonds is 9. The van der Waals surface area contributed by atoms with Gasteiger partial charge in [-0.15, -0.1) is 10.2 Å². The fraction of sp³-hybridized carbons (Fsp3) is 0.143. The molecule has 39 heavy (non-hydrogen) atoms. The van der Waals surface area contributed by atoms with E-state index >= 15 is 0 Å². The number of amides is 2. The van der Waals surface area contributed by atoms with Crippen LogP contribution >= 0.6 is 0 Å². The number of aromatic amines is 2. The lowest BCUT2D eigenvalue weighted by Gasteiger charge is -2.09. The van der Waals surface area contributed by atoms with Crippen molar-refractivity contribution in [3.8, 4) is 23.2 Å². The van der Waals surface area contributed by atoms with Crippen molar-refractivity contribution in [2.24, 2.45) is 0 Å². The Morgan fingerprint density at radius 3 is 2.56 bits per heavy atom. The molecule has 5 rings (SSSR count). The summed E-state index contributed by atoms with van der Waals surface area (Å²) in [4.78, 5) is 29.2. The van der Waals surface area contributed by atoms with E-state index in [2.05, 4.69) is 49.2 Å². The standard InChI is InChI=1S/C28H24N8O3/c1-2-3-13-39-20-10-8-18(9-11-20)27(37)32-23-6-4-5-19-15-24(30-25(19)23)28(38)31-22-12-7-17(16-29)14-21(22)26-33-35-36-34-26/h4-12,14-15,30H,2-3,13H2,1H3,(H,31,38)(H,32,37)(H,33,34,35,36). The van der Waals surface area contributed by atoms with E-state index in [1.54, 1.807) is 60.7 Å². The number of carbonyl (C=O) groups excluding carboxylic acids is 2. The fourth-order valence-electron chi connectivity index (χ4n) is 3.99. The van der Waals surface area contributed by atoms with E-state index in [-0.39, 0.29) is 17.4 Å². The molecule has 0 bridgehead atoms. The second-order valence-corrected chi connectivity index (χ2v) is 8.70. The molecule has 11 nitrogen and oxygen atoms in total. The van der Waals surface area contributed by atoms with Crippen LogP contribution in [0.4, 0.5) is 11.4 Å². The van der Waals surface area contributed by atoms with Crippen molar-refractivity contribution >= 4 is 34.1 Å². The predicted molar refractivity (Wildman–Crippen MR) is 145 cm³/mol. The van der Waals surface area contributed by atoms with Crippen LogP contribution in [0.25, 0.3) is 22.3 Å². The van der Waals surface area contributed by atoms with Crippen molar-refractivity contribution in [2.45, 2.75) is 19.8 Å². The number of nitrogens with zero attached hydrogens (tertiary/aromatic N) is 4. The van der Waals surface area contributed by atoms with E-state index in [9.17, 15) is 14.9 Å². The number of ether oxygens (including phenoxy) is 1. The Kier molecular flexibility index (Phi) is 7.27. The summed E-state index contributed by atoms with van der Waals surface area (Å²) in [6, 6.07) is 20.9. The first-order valence-corrected chi connectivity index (χ1v) is 12.3. The third-order valence-corrected chi connectivity index (χ3v) is 6.02. The molecule has 0 aliphatic heterocycles. The molecule has 0 atom stereocenters. The Morgan fingerprint density at radius 1 is 1.00 bits per heavy atom. The number of anilines is 2. The van der Waals surface area contributed by atoms with Crippen LogP contribution in [0.3, 0.4) is 0 Å². The summed E-state index contributed by atoms with van der Waals surface area (Å²) < 4.78 is 5.66. The SMILES string of the molecule is CCCCOc1ccc(C(=O)Nc2cccc3cc(C(=O)Nc4ccc(C#N)cc4-c4nn[nH]n4)[nH]c23)cc1. The number of nitriles is 1. The summed E-state index contributed by atoms with van der Waals surface area (Å²) >= 11 is 0. The molecule has 2 heterocycles. The number of fused-ring (bicyclic) bond motifs is 1. The molecule has 2 amide bonds. The number of para-hydroxylation sites is 1. The predicted octanol–water partition coefficient (Wildman–Crippen LogP) is 4.90. The minimum Gasteiger partial charge on any atom is -0.494 e. The third kappa shape index (κ3) is 5.60. The third-order valence-electron chi connectivity index (χ3n) is 6.02. The number of unbranched alkanes of at least 4 members (excludes halogenated alkanes) is 1. The molecular formula is C28H24N8O3. The summed E-state index contributed by atoms with van der Waals surface area (Å²) in [5.41, 5.74) is 3.14. The second-order valence-electron chi connectivity index (χ2n) is 8.70. The minimum absolute atomic E-state index is 0.240. The normalized spacial score (nSPS) is 10.7. The van der Waals surface area contributed by atoms with Gasteiger partial charge in [-0.05, 0) is 66.2 Å². The fourth-order valence-corrected chi connectivity index (χ4v) is 3.99. The van der Waals surface area contributed by atoms with Crippen molar-refractivity contribution in [1.29, 1.82) is 5.26 Å². The van der Waals surface area contributed by atoms with Gasteiger partial charge in [0.05, 0.1) is 35.1 Å². The number of H-pyrrole nitrogens is 2. The van der Waals surface area contributed by atoms with Crippen LogP contribution in [0.5, 0.6) is 5.75 Å². The van der Waals surface area contributed by atoms with E-state index in [0.29, 0.717) is 45.9 Å². The number of hydrogen-bond donors (Lipinski definition) is 4. The van der Waals surface area contributed by atoms with Crippen LogP contribution in [0.2, 0.25) is 0 Å². The zero-order chi connectivity index (χ0) is 27.2. The Balaban J connectivity index is 1.34. The Bertz CT molecular complexity index is 1670. The summed E-state index contributed by atoms with van der Waals surface area (Å²) in [5.74, 6) is 0.249. The molecule has 2 aromatic heterocycles. The van der Waals surface area contributed by atoms with Crippen molar-refractivity contribution in [3.63, 3.8) is 0 Å². The Hall–Kier alpha value is -5.50. The quantitative estimate of drug-likeness (QED) is 0.201. The Labute approximate surface area is 223 Å². The van der Waals surface area contributed by atoms with Crippen molar-refractivity contribution in [1.82, 2.24) is 25.6 Å². The number of benzene rings is 3. The van der Waals surface area contributed by atoms with Crippen LogP contribution < -0.4 is 15.4 Å². The first-order chi connectivity index (χ1) is 19.1. The van der Waals surface area contributed by atoms with Gasteiger partial charge in [-0.3, -0.25) is 9.59 Å². The molecule has 3 aromatic carbocycles. The van der Waals surface area contributed by atoms with Crippen LogP contribution in [0.1, 0.15) is 46.2 Å². The number of tetrazole rings is 1. The second kappa shape index (κ2) is 11.3. The molecule has 0 saturated carbocycles. The van der Waals surface area contributed by atoms with E-state index in [1.807, 2.05) is 6.07 Å². The highest BCUT2D eigenvalue weighted by molar-refractivity contribution is 6.11. The summed E-state index contributed by atoms with van der Waals surface area (Å²) in [6.07, 6.45) is 2.01. The molecule has 0 spiro atoms. The highest BCUT2D eigenvalue weighted by Crippen LogP contribution is 2.28. The highest BCUT2D eigenvalue weighted by Gasteiger charge is 2.17. The molecule has 4 N–H and O–H groups in total. The van der Waals surface area contributed by atoms with Gasteiger partial charge in [-0.2, -0.15) is 10.5 Å². The van der Waals surface area contributed by atoms with E-state index < -0.39 is 5.91 Å². The molecular weight excluding hydrogens is 496 g/mol. The average Bonchev–Trinajstić information content (AvgIpc) is 3.65. The number of carbonyl (C=O) groups is 2. The van der Waals surface area contributed by atoms with Crippen molar-refractivity contribution in [2.75, 3.05) is 17.2 Å². The van der Waals surface area contributed by atoms with E-state index in [4.69, 9.17) is 4.74 Å². The first-order valence-electron chi connectivity index (χ1n) is 12.3. The molecule has 11 heteroatoms. The molecule has 0 unspecified atom stereocenters. The molecule has 0 fully saturated rings. The van der Waals surface area contributed by atoms with Gasteiger partial charge in [0.15, 0.2) is 0 Å². The molecule has 0 aliphatic rings. The highest BCUT2D eigenvalue weighted by atomic mass is 16.5. The van der Waals surface area contributed by atoms with Gasteiger partial charge >= 0.3 is 0 Å².